The highest BCUT2D eigenvalue weighted by Gasteiger charge is 2.50. The molecule has 3 rings (SSSR count). The zero-order chi connectivity index (χ0) is 14.2. The molecular formula is C17H16BrFO. The Bertz CT molecular complexity index is 608. The van der Waals surface area contributed by atoms with Gasteiger partial charge in [-0.05, 0) is 36.1 Å². The first kappa shape index (κ1) is 13.6. The van der Waals surface area contributed by atoms with Crippen LogP contribution in [-0.4, -0.2) is 7.11 Å². The third kappa shape index (κ3) is 2.24. The molecule has 104 valence electrons. The van der Waals surface area contributed by atoms with Crippen LogP contribution in [0.15, 0.2) is 48.5 Å². The Morgan fingerprint density at radius 1 is 1.15 bits per heavy atom. The van der Waals surface area contributed by atoms with Gasteiger partial charge in [0.05, 0.1) is 7.11 Å². The lowest BCUT2D eigenvalue weighted by Gasteiger charge is -2.23. The van der Waals surface area contributed by atoms with Crippen LogP contribution in [0.3, 0.4) is 0 Å². The summed E-state index contributed by atoms with van der Waals surface area (Å²) < 4.78 is 18.9. The molecular weight excluding hydrogens is 319 g/mol. The molecule has 3 heteroatoms. The van der Waals surface area contributed by atoms with Crippen LogP contribution in [-0.2, 0) is 5.41 Å². The molecule has 1 aliphatic rings. The molecule has 0 bridgehead atoms. The van der Waals surface area contributed by atoms with E-state index < -0.39 is 0 Å². The Balaban J connectivity index is 1.93. The van der Waals surface area contributed by atoms with Crippen LogP contribution in [0.4, 0.5) is 4.39 Å². The normalized spacial score (nSPS) is 17.6. The topological polar surface area (TPSA) is 9.23 Å². The van der Waals surface area contributed by atoms with Crippen LogP contribution in [0.1, 0.15) is 28.8 Å². The molecule has 2 aromatic rings. The Morgan fingerprint density at radius 2 is 1.85 bits per heavy atom. The number of ether oxygens (including phenoxy) is 1. The van der Waals surface area contributed by atoms with Crippen molar-refractivity contribution in [2.24, 2.45) is 0 Å². The Labute approximate surface area is 126 Å². The molecule has 1 nitrogen and oxygen atoms in total. The number of halogens is 2. The minimum absolute atomic E-state index is 0.0995. The van der Waals surface area contributed by atoms with E-state index in [-0.39, 0.29) is 21.8 Å². The van der Waals surface area contributed by atoms with Crippen LogP contribution in [0.2, 0.25) is 0 Å². The predicted octanol–water partition coefficient (Wildman–Crippen LogP) is 5.00. The molecule has 20 heavy (non-hydrogen) atoms. The van der Waals surface area contributed by atoms with Gasteiger partial charge >= 0.3 is 0 Å². The van der Waals surface area contributed by atoms with Crippen LogP contribution >= 0.6 is 15.9 Å². The van der Waals surface area contributed by atoms with E-state index in [9.17, 15) is 4.39 Å². The van der Waals surface area contributed by atoms with E-state index in [1.54, 1.807) is 12.1 Å². The molecule has 0 heterocycles. The van der Waals surface area contributed by atoms with Crippen molar-refractivity contribution in [1.29, 1.82) is 0 Å². The standard InChI is InChI=1S/C17H16BrFO/c1-20-15-8-7-12(11-14(15)19)16(18)17(9-10-17)13-5-3-2-4-6-13/h2-8,11,16H,9-10H2,1H3. The number of hydrogen-bond acceptors (Lipinski definition) is 1. The summed E-state index contributed by atoms with van der Waals surface area (Å²) in [7, 11) is 1.48. The van der Waals surface area contributed by atoms with Gasteiger partial charge in [-0.2, -0.15) is 0 Å². The number of methoxy groups -OCH3 is 1. The fourth-order valence-electron chi connectivity index (χ4n) is 2.75. The largest absolute Gasteiger partial charge is 0.494 e. The molecule has 1 atom stereocenters. The maximum atomic E-state index is 13.9. The molecule has 0 aromatic heterocycles. The monoisotopic (exact) mass is 334 g/mol. The molecule has 1 aliphatic carbocycles. The molecule has 0 spiro atoms. The number of rotatable bonds is 4. The summed E-state index contributed by atoms with van der Waals surface area (Å²) in [4.78, 5) is 0.123. The molecule has 1 fully saturated rings. The summed E-state index contributed by atoms with van der Waals surface area (Å²) in [6.45, 7) is 0. The lowest BCUT2D eigenvalue weighted by molar-refractivity contribution is 0.386. The van der Waals surface area contributed by atoms with Gasteiger partial charge in [0.25, 0.3) is 0 Å². The predicted molar refractivity (Wildman–Crippen MR) is 82.0 cm³/mol. The van der Waals surface area contributed by atoms with Crippen molar-refractivity contribution in [3.05, 3.63) is 65.5 Å². The van der Waals surface area contributed by atoms with Crippen molar-refractivity contribution < 1.29 is 9.13 Å². The van der Waals surface area contributed by atoms with Gasteiger partial charge < -0.3 is 4.74 Å². The van der Waals surface area contributed by atoms with Crippen molar-refractivity contribution in [2.45, 2.75) is 23.1 Å². The second kappa shape index (κ2) is 5.21. The molecule has 2 aromatic carbocycles. The SMILES string of the molecule is COc1ccc(C(Br)C2(c3ccccc3)CC2)cc1F. The summed E-state index contributed by atoms with van der Waals surface area (Å²) >= 11 is 3.78. The highest BCUT2D eigenvalue weighted by Crippen LogP contribution is 2.60. The van der Waals surface area contributed by atoms with E-state index in [1.807, 2.05) is 12.1 Å². The van der Waals surface area contributed by atoms with E-state index in [0.29, 0.717) is 0 Å². The maximum absolute atomic E-state index is 13.9. The fraction of sp³-hybridized carbons (Fsp3) is 0.294. The molecule has 0 N–H and O–H groups in total. The molecule has 0 amide bonds. The van der Waals surface area contributed by atoms with Gasteiger partial charge in [0.1, 0.15) is 0 Å². The van der Waals surface area contributed by atoms with Crippen LogP contribution in [0.25, 0.3) is 0 Å². The van der Waals surface area contributed by atoms with E-state index in [1.165, 1.54) is 12.7 Å². The smallest absolute Gasteiger partial charge is 0.165 e. The Kier molecular flexibility index (Phi) is 3.55. The molecule has 0 saturated heterocycles. The first-order valence-electron chi connectivity index (χ1n) is 6.70. The van der Waals surface area contributed by atoms with Crippen molar-refractivity contribution in [2.75, 3.05) is 7.11 Å². The maximum Gasteiger partial charge on any atom is 0.165 e. The van der Waals surface area contributed by atoms with Crippen LogP contribution in [0.5, 0.6) is 5.75 Å². The van der Waals surface area contributed by atoms with E-state index in [2.05, 4.69) is 40.2 Å². The number of alkyl halides is 1. The van der Waals surface area contributed by atoms with E-state index in [0.717, 1.165) is 18.4 Å². The van der Waals surface area contributed by atoms with Gasteiger partial charge in [0.2, 0.25) is 0 Å². The van der Waals surface area contributed by atoms with Gasteiger partial charge in [-0.25, -0.2) is 4.39 Å². The number of benzene rings is 2. The van der Waals surface area contributed by atoms with Crippen molar-refractivity contribution in [3.63, 3.8) is 0 Å². The molecule has 0 aliphatic heterocycles. The van der Waals surface area contributed by atoms with Crippen molar-refractivity contribution >= 4 is 15.9 Å². The third-order valence-electron chi connectivity index (χ3n) is 4.09. The average Bonchev–Trinajstić information content (AvgIpc) is 3.29. The third-order valence-corrected chi connectivity index (χ3v) is 5.50. The van der Waals surface area contributed by atoms with Gasteiger partial charge in [0.15, 0.2) is 11.6 Å². The lowest BCUT2D eigenvalue weighted by atomic mass is 9.89. The molecule has 1 saturated carbocycles. The molecule has 1 unspecified atom stereocenters. The van der Waals surface area contributed by atoms with Crippen molar-refractivity contribution in [3.8, 4) is 5.75 Å². The Morgan fingerprint density at radius 3 is 2.40 bits per heavy atom. The Hall–Kier alpha value is -1.35. The van der Waals surface area contributed by atoms with E-state index in [4.69, 9.17) is 4.74 Å². The minimum atomic E-state index is -0.307. The summed E-state index contributed by atoms with van der Waals surface area (Å²) in [5, 5.41) is 0. The first-order chi connectivity index (χ1) is 9.67. The summed E-state index contributed by atoms with van der Waals surface area (Å²) in [6.07, 6.45) is 2.25. The van der Waals surface area contributed by atoms with Gasteiger partial charge in [0, 0.05) is 10.2 Å². The summed E-state index contributed by atoms with van der Waals surface area (Å²) in [5.41, 5.74) is 2.38. The van der Waals surface area contributed by atoms with Gasteiger partial charge in [-0.15, -0.1) is 0 Å². The quantitative estimate of drug-likeness (QED) is 0.714. The zero-order valence-electron chi connectivity index (χ0n) is 11.3. The lowest BCUT2D eigenvalue weighted by Crippen LogP contribution is -2.13. The van der Waals surface area contributed by atoms with Gasteiger partial charge in [-0.1, -0.05) is 52.3 Å². The highest BCUT2D eigenvalue weighted by molar-refractivity contribution is 9.09. The van der Waals surface area contributed by atoms with E-state index >= 15 is 0 Å². The van der Waals surface area contributed by atoms with Crippen molar-refractivity contribution in [1.82, 2.24) is 0 Å². The fourth-order valence-corrected chi connectivity index (χ4v) is 3.76. The van der Waals surface area contributed by atoms with Crippen LogP contribution in [0, 0.1) is 5.82 Å². The van der Waals surface area contributed by atoms with Gasteiger partial charge in [-0.3, -0.25) is 0 Å². The van der Waals surface area contributed by atoms with Crippen LogP contribution < -0.4 is 4.74 Å². The zero-order valence-corrected chi connectivity index (χ0v) is 12.9. The second-order valence-electron chi connectivity index (χ2n) is 5.28. The molecule has 0 radical (unpaired) electrons. The summed E-state index contributed by atoms with van der Waals surface area (Å²) in [5.74, 6) is -0.0173. The number of hydrogen-bond donors (Lipinski definition) is 0. The second-order valence-corrected chi connectivity index (χ2v) is 6.19. The highest BCUT2D eigenvalue weighted by atomic mass is 79.9. The average molecular weight is 335 g/mol. The summed E-state index contributed by atoms with van der Waals surface area (Å²) in [6, 6.07) is 15.7. The minimum Gasteiger partial charge on any atom is -0.494 e. The first-order valence-corrected chi connectivity index (χ1v) is 7.62.